The molecular formula is C17H20N4O3. The van der Waals surface area contributed by atoms with Crippen LogP contribution in [0.4, 0.5) is 10.6 Å². The summed E-state index contributed by atoms with van der Waals surface area (Å²) in [6.45, 7) is 1.19. The number of nitrogens with zero attached hydrogens (tertiary/aromatic N) is 3. The Bertz CT molecular complexity index is 766. The van der Waals surface area contributed by atoms with Crippen LogP contribution in [0.1, 0.15) is 6.42 Å². The summed E-state index contributed by atoms with van der Waals surface area (Å²) in [6, 6.07) is 9.95. The highest BCUT2D eigenvalue weighted by molar-refractivity contribution is 5.84. The molecule has 1 aromatic carbocycles. The minimum atomic E-state index is -1.03. The number of aldehydes is 1. The molecule has 7 heteroatoms. The number of carboxylic acid groups (broad SMARTS) is 1. The highest BCUT2D eigenvalue weighted by Gasteiger charge is 2.43. The molecule has 1 saturated heterocycles. The van der Waals surface area contributed by atoms with Gasteiger partial charge in [-0.25, -0.2) is 9.78 Å². The first-order valence-electron chi connectivity index (χ1n) is 7.82. The monoisotopic (exact) mass is 328 g/mol. The fourth-order valence-corrected chi connectivity index (χ4v) is 3.26. The van der Waals surface area contributed by atoms with Gasteiger partial charge in [-0.05, 0) is 18.5 Å². The molecule has 0 aliphatic carbocycles. The first kappa shape index (κ1) is 16.2. The average Bonchev–Trinajstić information content (AvgIpc) is 2.61. The molecule has 24 heavy (non-hydrogen) atoms. The molecule has 0 radical (unpaired) electrons. The molecule has 0 bridgehead atoms. The van der Waals surface area contributed by atoms with Crippen LogP contribution in [0, 0.1) is 0 Å². The van der Waals surface area contributed by atoms with Crippen LogP contribution in [-0.2, 0) is 4.79 Å². The van der Waals surface area contributed by atoms with Crippen molar-refractivity contribution >= 4 is 29.0 Å². The van der Waals surface area contributed by atoms with Crippen molar-refractivity contribution in [3.05, 3.63) is 36.5 Å². The number of anilines is 1. The van der Waals surface area contributed by atoms with Crippen molar-refractivity contribution in [1.82, 2.24) is 15.2 Å². The topological polar surface area (TPSA) is 85.8 Å². The molecule has 1 aromatic heterocycles. The third-order valence-electron chi connectivity index (χ3n) is 4.62. The van der Waals surface area contributed by atoms with E-state index in [-0.39, 0.29) is 6.42 Å². The van der Waals surface area contributed by atoms with E-state index in [9.17, 15) is 14.7 Å². The number of benzene rings is 1. The van der Waals surface area contributed by atoms with Gasteiger partial charge in [-0.1, -0.05) is 24.3 Å². The molecule has 1 aliphatic rings. The lowest BCUT2D eigenvalue weighted by molar-refractivity contribution is -0.110. The molecule has 2 aromatic rings. The van der Waals surface area contributed by atoms with Crippen LogP contribution in [0.5, 0.6) is 0 Å². The Morgan fingerprint density at radius 2 is 2.12 bits per heavy atom. The van der Waals surface area contributed by atoms with Crippen LogP contribution in [0.2, 0.25) is 0 Å². The molecule has 2 heterocycles. The van der Waals surface area contributed by atoms with Gasteiger partial charge in [0.2, 0.25) is 0 Å². The second-order valence-electron chi connectivity index (χ2n) is 5.90. The maximum atomic E-state index is 11.6. The highest BCUT2D eigenvalue weighted by atomic mass is 16.4. The molecule has 1 aliphatic heterocycles. The third kappa shape index (κ3) is 2.78. The number of amides is 1. The Morgan fingerprint density at radius 1 is 1.38 bits per heavy atom. The molecule has 1 atom stereocenters. The first-order valence-corrected chi connectivity index (χ1v) is 7.82. The maximum absolute atomic E-state index is 11.6. The van der Waals surface area contributed by atoms with Crippen molar-refractivity contribution in [3.8, 4) is 0 Å². The molecule has 0 saturated carbocycles. The summed E-state index contributed by atoms with van der Waals surface area (Å²) in [4.78, 5) is 30.5. The normalized spacial score (nSPS) is 21.0. The molecule has 7 nitrogen and oxygen atoms in total. The number of pyridine rings is 1. The van der Waals surface area contributed by atoms with Gasteiger partial charge in [-0.2, -0.15) is 0 Å². The van der Waals surface area contributed by atoms with Crippen LogP contribution in [-0.4, -0.2) is 59.7 Å². The number of likely N-dealkylation sites (N-methyl/N-ethyl adjacent to an activating group) is 1. The van der Waals surface area contributed by atoms with Crippen molar-refractivity contribution in [3.63, 3.8) is 0 Å². The minimum absolute atomic E-state index is 0.0832. The largest absolute Gasteiger partial charge is 0.465 e. The van der Waals surface area contributed by atoms with E-state index in [1.807, 2.05) is 41.4 Å². The summed E-state index contributed by atoms with van der Waals surface area (Å²) in [5, 5.41) is 14.6. The van der Waals surface area contributed by atoms with Gasteiger partial charge >= 0.3 is 6.09 Å². The van der Waals surface area contributed by atoms with Gasteiger partial charge in [0.15, 0.2) is 0 Å². The van der Waals surface area contributed by atoms with E-state index in [1.54, 1.807) is 7.05 Å². The standard InChI is InChI=1S/C17H20N4O3/c1-18-17(6-9-22)12-20(7-8-21(17)16(23)24)15-10-13-4-2-3-5-14(13)11-19-15/h2-5,9-11,18H,6-8,12H2,1H3,(H,23,24). The van der Waals surface area contributed by atoms with Crippen molar-refractivity contribution in [2.45, 2.75) is 12.1 Å². The van der Waals surface area contributed by atoms with Gasteiger partial charge in [0.25, 0.3) is 0 Å². The van der Waals surface area contributed by atoms with Crippen LogP contribution >= 0.6 is 0 Å². The van der Waals surface area contributed by atoms with Gasteiger partial charge in [0, 0.05) is 31.1 Å². The molecule has 0 spiro atoms. The summed E-state index contributed by atoms with van der Waals surface area (Å²) >= 11 is 0. The fourth-order valence-electron chi connectivity index (χ4n) is 3.26. The zero-order valence-corrected chi connectivity index (χ0v) is 13.5. The number of carbonyl (C=O) groups is 2. The van der Waals surface area contributed by atoms with Gasteiger partial charge in [0.05, 0.1) is 6.54 Å². The summed E-state index contributed by atoms with van der Waals surface area (Å²) in [7, 11) is 1.68. The number of fused-ring (bicyclic) bond motifs is 1. The van der Waals surface area contributed by atoms with E-state index in [2.05, 4.69) is 10.3 Å². The van der Waals surface area contributed by atoms with E-state index in [1.165, 1.54) is 4.90 Å². The zero-order valence-electron chi connectivity index (χ0n) is 13.5. The van der Waals surface area contributed by atoms with E-state index in [0.717, 1.165) is 22.9 Å². The minimum Gasteiger partial charge on any atom is -0.465 e. The second kappa shape index (κ2) is 6.45. The van der Waals surface area contributed by atoms with E-state index >= 15 is 0 Å². The number of nitrogens with one attached hydrogen (secondary N) is 1. The van der Waals surface area contributed by atoms with Gasteiger partial charge in [-0.15, -0.1) is 0 Å². The lowest BCUT2D eigenvalue weighted by Crippen LogP contribution is -2.70. The number of rotatable bonds is 4. The first-order chi connectivity index (χ1) is 11.6. The van der Waals surface area contributed by atoms with Crippen LogP contribution in [0.15, 0.2) is 36.5 Å². The van der Waals surface area contributed by atoms with Crippen LogP contribution < -0.4 is 10.2 Å². The van der Waals surface area contributed by atoms with E-state index in [4.69, 9.17) is 0 Å². The summed E-state index contributed by atoms with van der Waals surface area (Å²) in [6.07, 6.45) is 1.62. The van der Waals surface area contributed by atoms with Crippen molar-refractivity contribution in [1.29, 1.82) is 0 Å². The van der Waals surface area contributed by atoms with Gasteiger partial charge in [0.1, 0.15) is 17.8 Å². The number of aromatic nitrogens is 1. The highest BCUT2D eigenvalue weighted by Crippen LogP contribution is 2.27. The van der Waals surface area contributed by atoms with Gasteiger partial charge in [-0.3, -0.25) is 10.2 Å². The SMILES string of the molecule is CNC1(CC=O)CN(c2cc3ccccc3cn2)CCN1C(=O)O. The molecule has 126 valence electrons. The van der Waals surface area contributed by atoms with E-state index in [0.29, 0.717) is 19.6 Å². The van der Waals surface area contributed by atoms with Crippen LogP contribution in [0.25, 0.3) is 10.8 Å². The quantitative estimate of drug-likeness (QED) is 0.828. The second-order valence-corrected chi connectivity index (χ2v) is 5.90. The maximum Gasteiger partial charge on any atom is 0.408 e. The number of carbonyl (C=O) groups excluding carboxylic acids is 1. The predicted octanol–water partition coefficient (Wildman–Crippen LogP) is 1.54. The Hall–Kier alpha value is -2.67. The fraction of sp³-hybridized carbons (Fsp3) is 0.353. The van der Waals surface area contributed by atoms with Crippen molar-refractivity contribution < 1.29 is 14.7 Å². The molecule has 2 N–H and O–H groups in total. The summed E-state index contributed by atoms with van der Waals surface area (Å²) < 4.78 is 0. The Balaban J connectivity index is 1.94. The number of piperazine rings is 1. The molecule has 3 rings (SSSR count). The number of hydrogen-bond donors (Lipinski definition) is 2. The molecule has 1 fully saturated rings. The third-order valence-corrected chi connectivity index (χ3v) is 4.62. The Morgan fingerprint density at radius 3 is 2.79 bits per heavy atom. The lowest BCUT2D eigenvalue weighted by Gasteiger charge is -2.49. The Labute approximate surface area is 139 Å². The predicted molar refractivity (Wildman–Crippen MR) is 91.2 cm³/mol. The Kier molecular flexibility index (Phi) is 4.35. The van der Waals surface area contributed by atoms with E-state index < -0.39 is 11.8 Å². The van der Waals surface area contributed by atoms with Crippen molar-refractivity contribution in [2.24, 2.45) is 0 Å². The zero-order chi connectivity index (χ0) is 17.2. The summed E-state index contributed by atoms with van der Waals surface area (Å²) in [5.74, 6) is 0.782. The van der Waals surface area contributed by atoms with Crippen LogP contribution in [0.3, 0.4) is 0 Å². The summed E-state index contributed by atoms with van der Waals surface area (Å²) in [5.41, 5.74) is -0.945. The number of hydrogen-bond acceptors (Lipinski definition) is 5. The van der Waals surface area contributed by atoms with Gasteiger partial charge < -0.3 is 14.8 Å². The molecular weight excluding hydrogens is 308 g/mol. The molecule has 1 amide bonds. The average molecular weight is 328 g/mol. The molecule has 1 unspecified atom stereocenters. The smallest absolute Gasteiger partial charge is 0.408 e. The van der Waals surface area contributed by atoms with Crippen molar-refractivity contribution in [2.75, 3.05) is 31.6 Å². The lowest BCUT2D eigenvalue weighted by atomic mass is 10.0.